The first-order chi connectivity index (χ1) is 12.2. The van der Waals surface area contributed by atoms with E-state index in [2.05, 4.69) is 68.6 Å². The second-order valence-corrected chi connectivity index (χ2v) is 5.87. The van der Waals surface area contributed by atoms with E-state index in [-0.39, 0.29) is 0 Å². The smallest absolute Gasteiger partial charge is 0.165 e. The van der Waals surface area contributed by atoms with Gasteiger partial charge in [0.15, 0.2) is 5.82 Å². The van der Waals surface area contributed by atoms with Crippen molar-refractivity contribution in [2.75, 3.05) is 12.4 Å². The molecular weight excluding hydrogens is 310 g/mol. The summed E-state index contributed by atoms with van der Waals surface area (Å²) < 4.78 is 0. The van der Waals surface area contributed by atoms with Crippen molar-refractivity contribution >= 4 is 16.7 Å². The van der Waals surface area contributed by atoms with Crippen LogP contribution < -0.4 is 5.32 Å². The number of nitrogens with one attached hydrogen (secondary N) is 1. The van der Waals surface area contributed by atoms with Gasteiger partial charge in [-0.1, -0.05) is 35.9 Å². The van der Waals surface area contributed by atoms with Gasteiger partial charge in [-0.3, -0.25) is 0 Å². The van der Waals surface area contributed by atoms with Crippen LogP contribution >= 0.6 is 0 Å². The maximum Gasteiger partial charge on any atom is 0.165 e. The normalized spacial score (nSPS) is 10.8. The Morgan fingerprint density at radius 1 is 0.840 bits per heavy atom. The van der Waals surface area contributed by atoms with Crippen molar-refractivity contribution in [2.24, 2.45) is 0 Å². The van der Waals surface area contributed by atoms with Gasteiger partial charge >= 0.3 is 0 Å². The summed E-state index contributed by atoms with van der Waals surface area (Å²) in [5, 5.41) is 4.17. The van der Waals surface area contributed by atoms with Crippen molar-refractivity contribution in [3.8, 4) is 22.5 Å². The molecule has 2 aromatic heterocycles. The van der Waals surface area contributed by atoms with Crippen LogP contribution in [0.3, 0.4) is 0 Å². The van der Waals surface area contributed by atoms with Crippen LogP contribution in [-0.4, -0.2) is 27.0 Å². The predicted octanol–water partition coefficient (Wildman–Crippen LogP) is 4.10. The minimum atomic E-state index is 0.612. The minimum absolute atomic E-state index is 0.612. The van der Waals surface area contributed by atoms with E-state index in [1.54, 1.807) is 12.4 Å². The maximum atomic E-state index is 4.68. The third kappa shape index (κ3) is 2.92. The summed E-state index contributed by atoms with van der Waals surface area (Å²) >= 11 is 0. The molecule has 0 fully saturated rings. The zero-order valence-corrected chi connectivity index (χ0v) is 14.1. The number of hydrogen-bond acceptors (Lipinski definition) is 5. The Kier molecular flexibility index (Phi) is 3.82. The van der Waals surface area contributed by atoms with Gasteiger partial charge in [0.05, 0.1) is 11.1 Å². The molecule has 2 heterocycles. The average Bonchev–Trinajstić information content (AvgIpc) is 2.67. The number of anilines is 1. The topological polar surface area (TPSA) is 63.6 Å². The van der Waals surface area contributed by atoms with E-state index in [0.717, 1.165) is 27.8 Å². The summed E-state index contributed by atoms with van der Waals surface area (Å²) in [6.07, 6.45) is 4.93. The number of aromatic nitrogens is 4. The van der Waals surface area contributed by atoms with Crippen LogP contribution in [0, 0.1) is 6.92 Å². The van der Waals surface area contributed by atoms with E-state index < -0.39 is 0 Å². The first-order valence-corrected chi connectivity index (χ1v) is 8.06. The van der Waals surface area contributed by atoms with Gasteiger partial charge in [-0.25, -0.2) is 19.9 Å². The molecule has 0 atom stereocenters. The molecule has 25 heavy (non-hydrogen) atoms. The summed E-state index contributed by atoms with van der Waals surface area (Å²) in [6, 6.07) is 14.7. The van der Waals surface area contributed by atoms with Gasteiger partial charge in [0, 0.05) is 24.8 Å². The maximum absolute atomic E-state index is 4.68. The molecule has 0 saturated carbocycles. The van der Waals surface area contributed by atoms with Crippen LogP contribution in [0.15, 0.2) is 61.2 Å². The molecule has 0 bridgehead atoms. The van der Waals surface area contributed by atoms with Crippen molar-refractivity contribution in [3.63, 3.8) is 0 Å². The lowest BCUT2D eigenvalue weighted by Gasteiger charge is -2.10. The average molecular weight is 327 g/mol. The monoisotopic (exact) mass is 327 g/mol. The number of fused-ring (bicyclic) bond motifs is 1. The number of aryl methyl sites for hydroxylation is 1. The molecule has 0 radical (unpaired) electrons. The molecule has 0 aliphatic heterocycles. The van der Waals surface area contributed by atoms with Crippen molar-refractivity contribution in [1.29, 1.82) is 0 Å². The molecule has 0 unspecified atom stereocenters. The Hall–Kier alpha value is -3.34. The fourth-order valence-corrected chi connectivity index (χ4v) is 2.87. The van der Waals surface area contributed by atoms with E-state index in [4.69, 9.17) is 0 Å². The zero-order chi connectivity index (χ0) is 17.2. The highest BCUT2D eigenvalue weighted by Gasteiger charge is 2.10. The summed E-state index contributed by atoms with van der Waals surface area (Å²) in [7, 11) is 1.87. The Balaban J connectivity index is 1.88. The molecule has 5 nitrogen and oxygen atoms in total. The van der Waals surface area contributed by atoms with Gasteiger partial charge in [0.1, 0.15) is 12.1 Å². The van der Waals surface area contributed by atoms with E-state index in [9.17, 15) is 0 Å². The SMILES string of the molecule is CNc1nc(-c2cncnc2)nc2ccc(-c3cccc(C)c3)cc12. The molecule has 0 spiro atoms. The van der Waals surface area contributed by atoms with Crippen LogP contribution in [-0.2, 0) is 0 Å². The summed E-state index contributed by atoms with van der Waals surface area (Å²) in [5.74, 6) is 1.40. The molecule has 0 aliphatic rings. The van der Waals surface area contributed by atoms with Gasteiger partial charge < -0.3 is 5.32 Å². The first-order valence-electron chi connectivity index (χ1n) is 8.06. The van der Waals surface area contributed by atoms with Crippen LogP contribution in [0.25, 0.3) is 33.4 Å². The van der Waals surface area contributed by atoms with Crippen LogP contribution in [0.4, 0.5) is 5.82 Å². The second-order valence-electron chi connectivity index (χ2n) is 5.87. The number of hydrogen-bond donors (Lipinski definition) is 1. The van der Waals surface area contributed by atoms with Gasteiger partial charge in [0.25, 0.3) is 0 Å². The summed E-state index contributed by atoms with van der Waals surface area (Å²) in [5.41, 5.74) is 5.25. The second kappa shape index (κ2) is 6.28. The van der Waals surface area contributed by atoms with Crippen LogP contribution in [0.2, 0.25) is 0 Å². The molecule has 0 amide bonds. The highest BCUT2D eigenvalue weighted by Crippen LogP contribution is 2.29. The van der Waals surface area contributed by atoms with Gasteiger partial charge in [-0.2, -0.15) is 0 Å². The largest absolute Gasteiger partial charge is 0.373 e. The highest BCUT2D eigenvalue weighted by atomic mass is 15.0. The Morgan fingerprint density at radius 2 is 1.64 bits per heavy atom. The fraction of sp³-hybridized carbons (Fsp3) is 0.100. The third-order valence-corrected chi connectivity index (χ3v) is 4.10. The van der Waals surface area contributed by atoms with Crippen molar-refractivity contribution in [1.82, 2.24) is 19.9 Å². The van der Waals surface area contributed by atoms with Crippen molar-refractivity contribution < 1.29 is 0 Å². The number of benzene rings is 2. The summed E-state index contributed by atoms with van der Waals surface area (Å²) in [4.78, 5) is 17.4. The van der Waals surface area contributed by atoms with E-state index in [0.29, 0.717) is 5.82 Å². The fourth-order valence-electron chi connectivity index (χ4n) is 2.87. The highest BCUT2D eigenvalue weighted by molar-refractivity contribution is 5.93. The summed E-state index contributed by atoms with van der Waals surface area (Å²) in [6.45, 7) is 2.10. The lowest BCUT2D eigenvalue weighted by Crippen LogP contribution is -1.99. The van der Waals surface area contributed by atoms with Gasteiger partial charge in [-0.05, 0) is 30.2 Å². The Labute approximate surface area is 145 Å². The first kappa shape index (κ1) is 15.2. The quantitative estimate of drug-likeness (QED) is 0.613. The third-order valence-electron chi connectivity index (χ3n) is 4.10. The Morgan fingerprint density at radius 3 is 2.40 bits per heavy atom. The van der Waals surface area contributed by atoms with E-state index in [1.165, 1.54) is 17.5 Å². The minimum Gasteiger partial charge on any atom is -0.373 e. The molecule has 0 saturated heterocycles. The molecular formula is C20H17N5. The van der Waals surface area contributed by atoms with Gasteiger partial charge in [0.2, 0.25) is 0 Å². The Bertz CT molecular complexity index is 1040. The lowest BCUT2D eigenvalue weighted by atomic mass is 10.0. The molecule has 5 heteroatoms. The van der Waals surface area contributed by atoms with Gasteiger partial charge in [-0.15, -0.1) is 0 Å². The molecule has 2 aromatic carbocycles. The molecule has 4 aromatic rings. The van der Waals surface area contributed by atoms with E-state index >= 15 is 0 Å². The number of rotatable bonds is 3. The molecule has 1 N–H and O–H groups in total. The standard InChI is InChI=1S/C20H17N5/c1-13-4-3-5-14(8-13)15-6-7-18-17(9-15)20(21-2)25-19(24-18)16-10-22-12-23-11-16/h3-12H,1-2H3,(H,21,24,25). The molecule has 122 valence electrons. The molecule has 0 aliphatic carbocycles. The predicted molar refractivity (Wildman–Crippen MR) is 100 cm³/mol. The van der Waals surface area contributed by atoms with Crippen LogP contribution in [0.1, 0.15) is 5.56 Å². The van der Waals surface area contributed by atoms with Crippen molar-refractivity contribution in [3.05, 3.63) is 66.7 Å². The van der Waals surface area contributed by atoms with Crippen molar-refractivity contribution in [2.45, 2.75) is 6.92 Å². The molecule has 4 rings (SSSR count). The van der Waals surface area contributed by atoms with Crippen LogP contribution in [0.5, 0.6) is 0 Å². The van der Waals surface area contributed by atoms with E-state index in [1.807, 2.05) is 13.1 Å². The zero-order valence-electron chi connectivity index (χ0n) is 14.1. The lowest BCUT2D eigenvalue weighted by molar-refractivity contribution is 1.14. The number of nitrogens with zero attached hydrogens (tertiary/aromatic N) is 4.